The average molecular weight is 369 g/mol. The van der Waals surface area contributed by atoms with E-state index < -0.39 is 17.6 Å². The van der Waals surface area contributed by atoms with Crippen LogP contribution in [0.2, 0.25) is 0 Å². The van der Waals surface area contributed by atoms with Crippen molar-refractivity contribution in [1.82, 2.24) is 0 Å². The van der Waals surface area contributed by atoms with Gasteiger partial charge in [-0.2, -0.15) is 0 Å². The Morgan fingerprint density at radius 1 is 0.963 bits per heavy atom. The van der Waals surface area contributed by atoms with Gasteiger partial charge in [0.05, 0.1) is 0 Å². The number of nitrogens with zero attached hydrogens (tertiary/aromatic N) is 1. The molecule has 1 fully saturated rings. The van der Waals surface area contributed by atoms with Crippen LogP contribution in [0.3, 0.4) is 0 Å². The average Bonchev–Trinajstić information content (AvgIpc) is 3.05. The molecule has 7 heteroatoms. The third-order valence-electron chi connectivity index (χ3n) is 4.47. The summed E-state index contributed by atoms with van der Waals surface area (Å²) in [6.07, 6.45) is 1.30. The number of halogens is 1. The molecule has 3 amide bonds. The van der Waals surface area contributed by atoms with Crippen LogP contribution < -0.4 is 15.5 Å². The number of anilines is 3. The first-order valence-electron chi connectivity index (χ1n) is 8.64. The zero-order valence-corrected chi connectivity index (χ0v) is 15.1. The highest BCUT2D eigenvalue weighted by Crippen LogP contribution is 2.28. The normalized spacial score (nSPS) is 13.6. The lowest BCUT2D eigenvalue weighted by Crippen LogP contribution is -2.29. The molecule has 6 nitrogen and oxygen atoms in total. The summed E-state index contributed by atoms with van der Waals surface area (Å²) in [7, 11) is 0. The number of nitrogens with one attached hydrogen (secondary N) is 2. The predicted molar refractivity (Wildman–Crippen MR) is 101 cm³/mol. The minimum Gasteiger partial charge on any atom is -0.318 e. The second kappa shape index (κ2) is 7.57. The van der Waals surface area contributed by atoms with Gasteiger partial charge in [0.15, 0.2) is 0 Å². The summed E-state index contributed by atoms with van der Waals surface area (Å²) in [5.41, 5.74) is 2.68. The summed E-state index contributed by atoms with van der Waals surface area (Å²) in [5, 5.41) is 4.87. The first kappa shape index (κ1) is 18.6. The van der Waals surface area contributed by atoms with Gasteiger partial charge in [0, 0.05) is 30.0 Å². The third kappa shape index (κ3) is 4.13. The number of rotatable bonds is 3. The van der Waals surface area contributed by atoms with Crippen molar-refractivity contribution in [3.05, 3.63) is 53.3 Å². The van der Waals surface area contributed by atoms with E-state index in [2.05, 4.69) is 10.6 Å². The number of aryl methyl sites for hydroxylation is 2. The van der Waals surface area contributed by atoms with Crippen LogP contribution in [0.4, 0.5) is 21.5 Å². The van der Waals surface area contributed by atoms with Crippen molar-refractivity contribution >= 4 is 34.8 Å². The van der Waals surface area contributed by atoms with Gasteiger partial charge < -0.3 is 15.5 Å². The molecule has 140 valence electrons. The fraction of sp³-hybridized carbons (Fsp3) is 0.250. The minimum atomic E-state index is -0.905. The quantitative estimate of drug-likeness (QED) is 0.816. The molecule has 2 aromatic carbocycles. The number of benzene rings is 2. The van der Waals surface area contributed by atoms with E-state index in [1.165, 1.54) is 12.1 Å². The maximum Gasteiger partial charge on any atom is 0.314 e. The molecule has 0 atom stereocenters. The zero-order chi connectivity index (χ0) is 19.6. The van der Waals surface area contributed by atoms with Gasteiger partial charge in [0.25, 0.3) is 0 Å². The molecule has 1 saturated heterocycles. The summed E-state index contributed by atoms with van der Waals surface area (Å²) in [6.45, 7) is 4.12. The maximum absolute atomic E-state index is 13.6. The molecule has 27 heavy (non-hydrogen) atoms. The SMILES string of the molecule is Cc1ccc(NC(=O)C(=O)Nc2ccc(C)c(N3CCCC3=O)c2)cc1F. The molecule has 0 aliphatic carbocycles. The molecule has 2 aromatic rings. The Morgan fingerprint density at radius 2 is 1.56 bits per heavy atom. The molecule has 0 spiro atoms. The molecule has 1 aliphatic rings. The van der Waals surface area contributed by atoms with Gasteiger partial charge in [0.2, 0.25) is 5.91 Å². The molecule has 1 aliphatic heterocycles. The number of hydrogen-bond donors (Lipinski definition) is 2. The Morgan fingerprint density at radius 3 is 2.11 bits per heavy atom. The lowest BCUT2D eigenvalue weighted by molar-refractivity contribution is -0.133. The van der Waals surface area contributed by atoms with Gasteiger partial charge in [0.1, 0.15) is 5.82 Å². The van der Waals surface area contributed by atoms with Crippen molar-refractivity contribution in [1.29, 1.82) is 0 Å². The smallest absolute Gasteiger partial charge is 0.314 e. The van der Waals surface area contributed by atoms with E-state index in [1.54, 1.807) is 30.0 Å². The van der Waals surface area contributed by atoms with E-state index in [-0.39, 0.29) is 11.6 Å². The van der Waals surface area contributed by atoms with Gasteiger partial charge >= 0.3 is 11.8 Å². The van der Waals surface area contributed by atoms with Crippen LogP contribution in [0.25, 0.3) is 0 Å². The standard InChI is InChI=1S/C20H20FN3O3/c1-12-5-7-14(10-16(12)21)22-19(26)20(27)23-15-8-6-13(2)17(11-15)24-9-3-4-18(24)25/h5-8,10-11H,3-4,9H2,1-2H3,(H,22,26)(H,23,27). The second-order valence-corrected chi connectivity index (χ2v) is 6.52. The van der Waals surface area contributed by atoms with Crippen LogP contribution in [0.15, 0.2) is 36.4 Å². The summed E-state index contributed by atoms with van der Waals surface area (Å²) in [4.78, 5) is 37.9. The largest absolute Gasteiger partial charge is 0.318 e. The van der Waals surface area contributed by atoms with E-state index in [1.807, 2.05) is 6.92 Å². The lowest BCUT2D eigenvalue weighted by Gasteiger charge is -2.19. The number of amides is 3. The van der Waals surface area contributed by atoms with Crippen LogP contribution >= 0.6 is 0 Å². The molecule has 0 radical (unpaired) electrons. The molecule has 2 N–H and O–H groups in total. The summed E-state index contributed by atoms with van der Waals surface area (Å²) in [6, 6.07) is 9.31. The second-order valence-electron chi connectivity index (χ2n) is 6.52. The van der Waals surface area contributed by atoms with Crippen LogP contribution in [-0.2, 0) is 14.4 Å². The van der Waals surface area contributed by atoms with Crippen molar-refractivity contribution in [3.8, 4) is 0 Å². The van der Waals surface area contributed by atoms with Gasteiger partial charge in [-0.05, 0) is 55.7 Å². The first-order chi connectivity index (χ1) is 12.8. The van der Waals surface area contributed by atoms with Crippen LogP contribution in [-0.4, -0.2) is 24.3 Å². The van der Waals surface area contributed by atoms with Crippen molar-refractivity contribution in [2.45, 2.75) is 26.7 Å². The van der Waals surface area contributed by atoms with Crippen molar-refractivity contribution in [2.75, 3.05) is 22.1 Å². The highest BCUT2D eigenvalue weighted by atomic mass is 19.1. The van der Waals surface area contributed by atoms with Crippen LogP contribution in [0.5, 0.6) is 0 Å². The maximum atomic E-state index is 13.6. The molecule has 0 saturated carbocycles. The zero-order valence-electron chi connectivity index (χ0n) is 15.1. The topological polar surface area (TPSA) is 78.5 Å². The molecule has 3 rings (SSSR count). The Balaban J connectivity index is 1.70. The monoisotopic (exact) mass is 369 g/mol. The van der Waals surface area contributed by atoms with Gasteiger partial charge in [-0.3, -0.25) is 14.4 Å². The Kier molecular flexibility index (Phi) is 5.21. The summed E-state index contributed by atoms with van der Waals surface area (Å²) < 4.78 is 13.6. The molecule has 0 unspecified atom stereocenters. The first-order valence-corrected chi connectivity index (χ1v) is 8.64. The molecule has 1 heterocycles. The van der Waals surface area contributed by atoms with E-state index >= 15 is 0 Å². The van der Waals surface area contributed by atoms with E-state index in [4.69, 9.17) is 0 Å². The van der Waals surface area contributed by atoms with E-state index in [0.29, 0.717) is 24.2 Å². The number of carbonyl (C=O) groups is 3. The molecule has 0 aromatic heterocycles. The fourth-order valence-electron chi connectivity index (χ4n) is 2.93. The molecule has 0 bridgehead atoms. The lowest BCUT2D eigenvalue weighted by atomic mass is 10.1. The van der Waals surface area contributed by atoms with Gasteiger partial charge in [-0.1, -0.05) is 12.1 Å². The van der Waals surface area contributed by atoms with Crippen LogP contribution in [0.1, 0.15) is 24.0 Å². The molecular formula is C20H20FN3O3. The Hall–Kier alpha value is -3.22. The summed E-state index contributed by atoms with van der Waals surface area (Å²) >= 11 is 0. The van der Waals surface area contributed by atoms with E-state index in [0.717, 1.165) is 23.7 Å². The third-order valence-corrected chi connectivity index (χ3v) is 4.47. The van der Waals surface area contributed by atoms with E-state index in [9.17, 15) is 18.8 Å². The predicted octanol–water partition coefficient (Wildman–Crippen LogP) is 3.15. The van der Waals surface area contributed by atoms with Crippen molar-refractivity contribution in [2.24, 2.45) is 0 Å². The Bertz CT molecular complexity index is 927. The fourth-order valence-corrected chi connectivity index (χ4v) is 2.93. The van der Waals surface area contributed by atoms with Crippen LogP contribution in [0, 0.1) is 19.7 Å². The number of hydrogen-bond acceptors (Lipinski definition) is 3. The Labute approximate surface area is 156 Å². The molecular weight excluding hydrogens is 349 g/mol. The van der Waals surface area contributed by atoms with Crippen molar-refractivity contribution in [3.63, 3.8) is 0 Å². The van der Waals surface area contributed by atoms with Gasteiger partial charge in [-0.15, -0.1) is 0 Å². The highest BCUT2D eigenvalue weighted by molar-refractivity contribution is 6.43. The highest BCUT2D eigenvalue weighted by Gasteiger charge is 2.23. The van der Waals surface area contributed by atoms with Gasteiger partial charge in [-0.25, -0.2) is 4.39 Å². The minimum absolute atomic E-state index is 0.0423. The summed E-state index contributed by atoms with van der Waals surface area (Å²) in [5.74, 6) is -2.21. The van der Waals surface area contributed by atoms with Crippen molar-refractivity contribution < 1.29 is 18.8 Å². The number of carbonyl (C=O) groups excluding carboxylic acids is 3.